The van der Waals surface area contributed by atoms with Crippen LogP contribution in [-0.2, 0) is 27.7 Å². The van der Waals surface area contributed by atoms with E-state index in [9.17, 15) is 9.90 Å². The molecule has 1 aromatic heterocycles. The number of carbonyl (C=O) groups is 1. The summed E-state index contributed by atoms with van der Waals surface area (Å²) in [6.07, 6.45) is 9.13. The Kier molecular flexibility index (Phi) is 5.51. The van der Waals surface area contributed by atoms with Gasteiger partial charge in [-0.25, -0.2) is 0 Å². The summed E-state index contributed by atoms with van der Waals surface area (Å²) in [5, 5.41) is 12.1. The van der Waals surface area contributed by atoms with Crippen molar-refractivity contribution in [2.24, 2.45) is 35.0 Å². The van der Waals surface area contributed by atoms with Crippen molar-refractivity contribution in [2.75, 3.05) is 0 Å². The van der Waals surface area contributed by atoms with Crippen LogP contribution in [0.5, 0.6) is 0 Å². The Morgan fingerprint density at radius 2 is 1.67 bits per heavy atom. The highest BCUT2D eigenvalue weighted by atomic mass is 16.5. The molecule has 0 radical (unpaired) electrons. The molecule has 5 nitrogen and oxygen atoms in total. The zero-order valence-electron chi connectivity index (χ0n) is 27.0. The van der Waals surface area contributed by atoms with Crippen LogP contribution in [0.2, 0.25) is 0 Å². The van der Waals surface area contributed by atoms with Gasteiger partial charge in [-0.2, -0.15) is 0 Å². The zero-order valence-corrected chi connectivity index (χ0v) is 27.0. The van der Waals surface area contributed by atoms with Gasteiger partial charge in [-0.3, -0.25) is 4.79 Å². The average molecular weight is 574 g/mol. The molecule has 2 aliphatic heterocycles. The molecule has 5 heteroatoms. The van der Waals surface area contributed by atoms with Crippen molar-refractivity contribution in [1.29, 1.82) is 0 Å². The first-order valence-corrected chi connectivity index (χ1v) is 16.9. The third-order valence-corrected chi connectivity index (χ3v) is 14.2. The predicted molar refractivity (Wildman–Crippen MR) is 165 cm³/mol. The highest BCUT2D eigenvalue weighted by Crippen LogP contribution is 2.69. The van der Waals surface area contributed by atoms with E-state index in [2.05, 4.69) is 58.7 Å². The Morgan fingerprint density at radius 3 is 2.40 bits per heavy atom. The number of aromatic amines is 1. The van der Waals surface area contributed by atoms with E-state index in [1.54, 1.807) is 0 Å². The van der Waals surface area contributed by atoms with Gasteiger partial charge in [0.2, 0.25) is 0 Å². The number of benzene rings is 1. The summed E-state index contributed by atoms with van der Waals surface area (Å²) in [7, 11) is 0. The van der Waals surface area contributed by atoms with Gasteiger partial charge in [0.1, 0.15) is 0 Å². The molecule has 1 aromatic carbocycles. The second kappa shape index (κ2) is 8.31. The number of aromatic nitrogens is 1. The standard InChI is InChI=1S/C37H51NO4/c1-33(2,40)28-14-11-21-24-12-9-19-17-23-29-22-18-25-30(35(5,6)42-34(25,3)4)31(39)20(22)10-13-26(29)38-32(23)37(19,8)36(24,7)16-15-27(21)41-28/h10,13,19,21,24-25,27-28,30,38,40H,9,11-12,14-18H2,1-8H3/t19?,21?,24?,25?,27?,28?,30-,36-,37+/m0/s1. The third kappa shape index (κ3) is 3.34. The minimum atomic E-state index is -0.782. The van der Waals surface area contributed by atoms with Gasteiger partial charge in [-0.1, -0.05) is 13.8 Å². The molecule has 0 amide bonds. The number of ether oxygens (including phenoxy) is 2. The normalized spacial score (nSPS) is 43.3. The number of nitrogens with one attached hydrogen (secondary N) is 1. The molecule has 9 atom stereocenters. The summed E-state index contributed by atoms with van der Waals surface area (Å²) in [6.45, 7) is 17.6. The Balaban J connectivity index is 1.20. The molecule has 3 heterocycles. The van der Waals surface area contributed by atoms with E-state index in [0.29, 0.717) is 17.8 Å². The van der Waals surface area contributed by atoms with E-state index >= 15 is 0 Å². The molecule has 2 aromatic rings. The number of rotatable bonds is 1. The number of ketones is 1. The van der Waals surface area contributed by atoms with E-state index in [1.807, 2.05) is 13.8 Å². The lowest BCUT2D eigenvalue weighted by molar-refractivity contribution is -0.210. The molecule has 228 valence electrons. The number of Topliss-reactive ketones (excluding diaryl/α,β-unsaturated/α-hetero) is 1. The van der Waals surface area contributed by atoms with Gasteiger partial charge in [0.15, 0.2) is 5.78 Å². The third-order valence-electron chi connectivity index (χ3n) is 14.2. The SMILES string of the molecule is CC(C)(O)C1CCC2C(CC[C@@]3(C)C2CCC2Cc4c([nH]c5ccc6c(c45)CC4[C@@H](C6=O)C(C)(C)OC4(C)C)[C@@]23C)O1. The van der Waals surface area contributed by atoms with E-state index in [0.717, 1.165) is 37.7 Å². The lowest BCUT2D eigenvalue weighted by Crippen LogP contribution is -2.61. The molecule has 8 rings (SSSR count). The summed E-state index contributed by atoms with van der Waals surface area (Å²) in [5.41, 5.74) is 5.11. The maximum absolute atomic E-state index is 14.1. The fourth-order valence-corrected chi connectivity index (χ4v) is 12.1. The number of hydrogen-bond acceptors (Lipinski definition) is 4. The molecular formula is C37H51NO4. The molecule has 42 heavy (non-hydrogen) atoms. The van der Waals surface area contributed by atoms with Crippen LogP contribution in [0.25, 0.3) is 10.9 Å². The Bertz CT molecular complexity index is 1490. The maximum atomic E-state index is 14.1. The van der Waals surface area contributed by atoms with Crippen LogP contribution in [0.15, 0.2) is 12.1 Å². The summed E-state index contributed by atoms with van der Waals surface area (Å²) >= 11 is 0. The van der Waals surface area contributed by atoms with E-state index in [1.165, 1.54) is 47.0 Å². The van der Waals surface area contributed by atoms with Crippen LogP contribution >= 0.6 is 0 Å². The molecule has 2 saturated carbocycles. The molecule has 4 fully saturated rings. The smallest absolute Gasteiger partial charge is 0.169 e. The summed E-state index contributed by atoms with van der Waals surface area (Å²) in [6, 6.07) is 4.31. The van der Waals surface area contributed by atoms with Gasteiger partial charge in [0, 0.05) is 33.5 Å². The number of fused-ring (bicyclic) bond motifs is 12. The Morgan fingerprint density at radius 1 is 0.905 bits per heavy atom. The zero-order chi connectivity index (χ0) is 29.8. The van der Waals surface area contributed by atoms with Crippen molar-refractivity contribution < 1.29 is 19.4 Å². The molecule has 6 unspecified atom stereocenters. The topological polar surface area (TPSA) is 71.5 Å². The van der Waals surface area contributed by atoms with Gasteiger partial charge in [-0.05, 0) is 139 Å². The maximum Gasteiger partial charge on any atom is 0.169 e. The summed E-state index contributed by atoms with van der Waals surface area (Å²) < 4.78 is 13.2. The minimum Gasteiger partial charge on any atom is -0.388 e. The van der Waals surface area contributed by atoms with E-state index in [4.69, 9.17) is 9.47 Å². The van der Waals surface area contributed by atoms with Crippen LogP contribution < -0.4 is 0 Å². The molecule has 2 saturated heterocycles. The lowest BCUT2D eigenvalue weighted by Gasteiger charge is -2.63. The highest BCUT2D eigenvalue weighted by Gasteiger charge is 2.65. The van der Waals surface area contributed by atoms with Gasteiger partial charge in [-0.15, -0.1) is 0 Å². The summed E-state index contributed by atoms with van der Waals surface area (Å²) in [5.74, 6) is 2.22. The van der Waals surface area contributed by atoms with E-state index < -0.39 is 11.2 Å². The van der Waals surface area contributed by atoms with Crippen LogP contribution in [0.1, 0.15) is 121 Å². The molecule has 0 bridgehead atoms. The average Bonchev–Trinajstić information content (AvgIpc) is 3.47. The number of aliphatic hydroxyl groups is 1. The van der Waals surface area contributed by atoms with Gasteiger partial charge in [0.25, 0.3) is 0 Å². The van der Waals surface area contributed by atoms with Gasteiger partial charge >= 0.3 is 0 Å². The van der Waals surface area contributed by atoms with Crippen LogP contribution in [-0.4, -0.2) is 44.9 Å². The highest BCUT2D eigenvalue weighted by molar-refractivity contribution is 6.06. The minimum absolute atomic E-state index is 0.0591. The molecular weight excluding hydrogens is 522 g/mol. The van der Waals surface area contributed by atoms with Gasteiger partial charge < -0.3 is 19.6 Å². The van der Waals surface area contributed by atoms with Crippen molar-refractivity contribution in [2.45, 2.75) is 141 Å². The quantitative estimate of drug-likeness (QED) is 0.376. The van der Waals surface area contributed by atoms with Crippen molar-refractivity contribution in [3.63, 3.8) is 0 Å². The van der Waals surface area contributed by atoms with Crippen molar-refractivity contribution >= 4 is 16.7 Å². The summed E-state index contributed by atoms with van der Waals surface area (Å²) in [4.78, 5) is 18.1. The fraction of sp³-hybridized carbons (Fsp3) is 0.757. The fourth-order valence-electron chi connectivity index (χ4n) is 12.1. The number of carbonyl (C=O) groups excluding carboxylic acids is 1. The number of H-pyrrole nitrogens is 1. The molecule has 0 spiro atoms. The Labute approximate surface area is 251 Å². The monoisotopic (exact) mass is 573 g/mol. The molecule has 2 N–H and O–H groups in total. The first-order chi connectivity index (χ1) is 19.6. The van der Waals surface area contributed by atoms with Crippen LogP contribution in [0, 0.1) is 35.0 Å². The molecule has 4 aliphatic carbocycles. The second-order valence-electron chi connectivity index (χ2n) is 17.3. The first-order valence-electron chi connectivity index (χ1n) is 16.9. The lowest BCUT2D eigenvalue weighted by atomic mass is 9.43. The first kappa shape index (κ1) is 27.8. The Hall–Kier alpha value is -1.69. The van der Waals surface area contributed by atoms with Crippen LogP contribution in [0.3, 0.4) is 0 Å². The van der Waals surface area contributed by atoms with Crippen molar-refractivity contribution in [3.8, 4) is 0 Å². The molecule has 6 aliphatic rings. The van der Waals surface area contributed by atoms with Crippen molar-refractivity contribution in [1.82, 2.24) is 4.98 Å². The van der Waals surface area contributed by atoms with Crippen LogP contribution in [0.4, 0.5) is 0 Å². The predicted octanol–water partition coefficient (Wildman–Crippen LogP) is 7.30. The largest absolute Gasteiger partial charge is 0.388 e. The van der Waals surface area contributed by atoms with Gasteiger partial charge in [0.05, 0.1) is 34.9 Å². The van der Waals surface area contributed by atoms with E-state index in [-0.39, 0.29) is 46.3 Å². The second-order valence-corrected chi connectivity index (χ2v) is 17.3. The van der Waals surface area contributed by atoms with Crippen molar-refractivity contribution in [3.05, 3.63) is 34.5 Å². The number of hydrogen-bond donors (Lipinski definition) is 2.